The number of hydrogen-bond acceptors (Lipinski definition) is 3. The van der Waals surface area contributed by atoms with Gasteiger partial charge >= 0.3 is 11.9 Å². The van der Waals surface area contributed by atoms with Gasteiger partial charge in [-0.25, -0.2) is 9.90 Å². The maximum Gasteiger partial charge on any atom is 0.331 e. The molecule has 2 aromatic rings. The quantitative estimate of drug-likeness (QED) is 0.686. The van der Waals surface area contributed by atoms with Gasteiger partial charge in [0.1, 0.15) is 6.61 Å². The Balaban J connectivity index is 0.000000240. The standard InChI is InChI=1S/C9H10O4.C9H12O.C7H7O/c1-9(8(12)13)4-2-3-6(5-9)7(10)11;1-2-10-8-9-6-4-3-5-7-9;8-6-7-4-2-1-3-5-7/h2-4H,5H2,1H3,(H,10,11)(H,12,13);3-7H,2,8H2,1H3;1-5H,6H2. The number of carbonyl (C=O) groups is 2. The van der Waals surface area contributed by atoms with Crippen molar-refractivity contribution in [2.24, 2.45) is 5.41 Å². The highest BCUT2D eigenvalue weighted by Gasteiger charge is 2.34. The highest BCUT2D eigenvalue weighted by atomic mass is 16.5. The molecule has 2 aromatic carbocycles. The molecule has 0 aromatic heterocycles. The first-order valence-electron chi connectivity index (χ1n) is 9.91. The predicted octanol–water partition coefficient (Wildman–Crippen LogP) is 4.89. The lowest BCUT2D eigenvalue weighted by Gasteiger charge is -2.23. The average molecular weight is 426 g/mol. The monoisotopic (exact) mass is 425 g/mol. The van der Waals surface area contributed by atoms with Crippen LogP contribution >= 0.6 is 0 Å². The largest absolute Gasteiger partial charge is 0.481 e. The molecule has 165 valence electrons. The van der Waals surface area contributed by atoms with Gasteiger partial charge < -0.3 is 14.9 Å². The van der Waals surface area contributed by atoms with E-state index in [1.165, 1.54) is 30.7 Å². The van der Waals surface area contributed by atoms with Crippen molar-refractivity contribution in [3.05, 3.63) is 95.6 Å². The Labute approximate surface area is 183 Å². The number of rotatable bonds is 6. The molecule has 3 rings (SSSR count). The fraction of sp³-hybridized carbons (Fsp3) is 0.280. The van der Waals surface area contributed by atoms with Gasteiger partial charge in [0, 0.05) is 12.2 Å². The van der Waals surface area contributed by atoms with Gasteiger partial charge in [-0.3, -0.25) is 4.79 Å². The molecule has 0 saturated carbocycles. The van der Waals surface area contributed by atoms with E-state index >= 15 is 0 Å². The lowest BCUT2D eigenvalue weighted by molar-refractivity contribution is -0.145. The van der Waals surface area contributed by atoms with E-state index in [0.29, 0.717) is 0 Å². The second-order valence-corrected chi connectivity index (χ2v) is 7.01. The van der Waals surface area contributed by atoms with Crippen LogP contribution in [0.4, 0.5) is 0 Å². The molecule has 6 nitrogen and oxygen atoms in total. The van der Waals surface area contributed by atoms with Crippen LogP contribution in [0.15, 0.2) is 84.5 Å². The summed E-state index contributed by atoms with van der Waals surface area (Å²) >= 11 is 0. The van der Waals surface area contributed by atoms with E-state index in [0.717, 1.165) is 18.8 Å². The Morgan fingerprint density at radius 2 is 1.52 bits per heavy atom. The third-order valence-electron chi connectivity index (χ3n) is 4.41. The van der Waals surface area contributed by atoms with Gasteiger partial charge in [0.05, 0.1) is 12.0 Å². The van der Waals surface area contributed by atoms with Gasteiger partial charge in [0.15, 0.2) is 0 Å². The highest BCUT2D eigenvalue weighted by Crippen LogP contribution is 2.31. The molecule has 0 amide bonds. The van der Waals surface area contributed by atoms with Crippen LogP contribution in [0.2, 0.25) is 0 Å². The Bertz CT molecular complexity index is 858. The van der Waals surface area contributed by atoms with Crippen molar-refractivity contribution in [2.75, 3.05) is 6.61 Å². The van der Waals surface area contributed by atoms with Crippen molar-refractivity contribution in [1.82, 2.24) is 0 Å². The van der Waals surface area contributed by atoms with Crippen LogP contribution in [0.1, 0.15) is 31.4 Å². The van der Waals surface area contributed by atoms with E-state index < -0.39 is 17.4 Å². The zero-order chi connectivity index (χ0) is 23.1. The summed E-state index contributed by atoms with van der Waals surface area (Å²) in [5.74, 6) is -2.06. The molecule has 1 radical (unpaired) electrons. The molecule has 0 bridgehead atoms. The van der Waals surface area contributed by atoms with Crippen LogP contribution in [0.25, 0.3) is 0 Å². The van der Waals surface area contributed by atoms with E-state index in [1.54, 1.807) is 0 Å². The molecule has 1 atom stereocenters. The first-order valence-corrected chi connectivity index (χ1v) is 9.91. The number of carboxylic acids is 2. The topological polar surface area (TPSA) is 104 Å². The van der Waals surface area contributed by atoms with Gasteiger partial charge in [-0.1, -0.05) is 78.9 Å². The second kappa shape index (κ2) is 13.9. The Morgan fingerprint density at radius 3 is 1.94 bits per heavy atom. The molecule has 1 aliphatic rings. The summed E-state index contributed by atoms with van der Waals surface area (Å²) in [6.07, 6.45) is 4.43. The molecule has 0 aliphatic heterocycles. The predicted molar refractivity (Wildman–Crippen MR) is 118 cm³/mol. The van der Waals surface area contributed by atoms with Crippen molar-refractivity contribution in [3.63, 3.8) is 0 Å². The van der Waals surface area contributed by atoms with E-state index in [2.05, 4.69) is 12.1 Å². The molecule has 0 fully saturated rings. The maximum absolute atomic E-state index is 10.8. The molecule has 31 heavy (non-hydrogen) atoms. The zero-order valence-electron chi connectivity index (χ0n) is 17.9. The molecular weight excluding hydrogens is 396 g/mol. The normalized spacial score (nSPS) is 16.7. The molecule has 0 heterocycles. The van der Waals surface area contributed by atoms with Crippen LogP contribution in [0, 0.1) is 5.41 Å². The Morgan fingerprint density at radius 1 is 0.968 bits per heavy atom. The van der Waals surface area contributed by atoms with Crippen molar-refractivity contribution >= 4 is 11.9 Å². The van der Waals surface area contributed by atoms with Gasteiger partial charge in [0.2, 0.25) is 0 Å². The van der Waals surface area contributed by atoms with Crippen LogP contribution in [-0.2, 0) is 32.6 Å². The second-order valence-electron chi connectivity index (χ2n) is 7.01. The molecule has 0 saturated heterocycles. The first kappa shape index (κ1) is 25.8. The summed E-state index contributed by atoms with van der Waals surface area (Å²) in [6, 6.07) is 19.5. The number of carboxylic acid groups (broad SMARTS) is 2. The van der Waals surface area contributed by atoms with Crippen molar-refractivity contribution < 1.29 is 29.6 Å². The van der Waals surface area contributed by atoms with Gasteiger partial charge in [-0.15, -0.1) is 0 Å². The SMILES string of the molecule is CC1(C(=O)O)C=CC=C(C(=O)O)C1.CCOCc1ccccc1.[O]Cc1ccccc1. The smallest absolute Gasteiger partial charge is 0.331 e. The zero-order valence-corrected chi connectivity index (χ0v) is 17.9. The van der Waals surface area contributed by atoms with E-state index in [1.807, 2.05) is 55.5 Å². The molecule has 1 unspecified atom stereocenters. The minimum absolute atomic E-state index is 0.0359. The molecule has 1 aliphatic carbocycles. The molecule has 6 heteroatoms. The summed E-state index contributed by atoms with van der Waals surface area (Å²) in [4.78, 5) is 21.3. The summed E-state index contributed by atoms with van der Waals surface area (Å²) in [5.41, 5.74) is 1.15. The van der Waals surface area contributed by atoms with Crippen LogP contribution in [0.5, 0.6) is 0 Å². The molecule has 2 N–H and O–H groups in total. The van der Waals surface area contributed by atoms with Gasteiger partial charge in [0.25, 0.3) is 0 Å². The lowest BCUT2D eigenvalue weighted by Crippen LogP contribution is -2.28. The number of benzene rings is 2. The fourth-order valence-electron chi connectivity index (χ4n) is 2.55. The fourth-order valence-corrected chi connectivity index (χ4v) is 2.55. The van der Waals surface area contributed by atoms with Crippen molar-refractivity contribution in [2.45, 2.75) is 33.5 Å². The number of hydrogen-bond donors (Lipinski definition) is 2. The maximum atomic E-state index is 10.8. The number of allylic oxidation sites excluding steroid dienone is 2. The van der Waals surface area contributed by atoms with E-state index in [4.69, 9.17) is 14.9 Å². The molecular formula is C25H29O6. The minimum Gasteiger partial charge on any atom is -0.481 e. The van der Waals surface area contributed by atoms with Gasteiger partial charge in [-0.2, -0.15) is 0 Å². The lowest BCUT2D eigenvalue weighted by atomic mass is 9.80. The van der Waals surface area contributed by atoms with Crippen molar-refractivity contribution in [1.29, 1.82) is 0 Å². The average Bonchev–Trinajstić information content (AvgIpc) is 2.79. The summed E-state index contributed by atoms with van der Waals surface area (Å²) < 4.78 is 5.22. The first-order chi connectivity index (χ1) is 14.8. The highest BCUT2D eigenvalue weighted by molar-refractivity contribution is 5.90. The third kappa shape index (κ3) is 9.89. The summed E-state index contributed by atoms with van der Waals surface area (Å²) in [6.45, 7) is 4.91. The van der Waals surface area contributed by atoms with Crippen LogP contribution in [-0.4, -0.2) is 28.8 Å². The number of aliphatic carboxylic acids is 2. The van der Waals surface area contributed by atoms with E-state index in [9.17, 15) is 14.7 Å². The number of ether oxygens (including phenoxy) is 1. The van der Waals surface area contributed by atoms with Crippen LogP contribution in [0.3, 0.4) is 0 Å². The van der Waals surface area contributed by atoms with Crippen LogP contribution < -0.4 is 0 Å². The molecule has 0 spiro atoms. The summed E-state index contributed by atoms with van der Waals surface area (Å²) in [7, 11) is 0. The summed E-state index contributed by atoms with van der Waals surface area (Å²) in [5, 5.41) is 27.6. The van der Waals surface area contributed by atoms with Crippen molar-refractivity contribution in [3.8, 4) is 0 Å². The Hall–Kier alpha value is -3.22. The van der Waals surface area contributed by atoms with E-state index in [-0.39, 0.29) is 18.6 Å². The minimum atomic E-state index is -1.08. The Kier molecular flexibility index (Phi) is 11.6. The van der Waals surface area contributed by atoms with Gasteiger partial charge in [-0.05, 0) is 31.4 Å². The third-order valence-corrected chi connectivity index (χ3v) is 4.41.